The Morgan fingerprint density at radius 3 is 2.59 bits per heavy atom. The fraction of sp³-hybridized carbons (Fsp3) is 0.294. The summed E-state index contributed by atoms with van der Waals surface area (Å²) < 4.78 is 11.0. The Balaban J connectivity index is 2.25. The van der Waals surface area contributed by atoms with Gasteiger partial charge in [0.25, 0.3) is 5.91 Å². The van der Waals surface area contributed by atoms with Crippen molar-refractivity contribution in [1.29, 1.82) is 0 Å². The van der Waals surface area contributed by atoms with Crippen LogP contribution in [0.4, 0.5) is 5.69 Å². The van der Waals surface area contributed by atoms with Gasteiger partial charge in [0.05, 0.1) is 18.9 Å². The number of amides is 1. The Morgan fingerprint density at radius 1 is 1.14 bits per heavy atom. The van der Waals surface area contributed by atoms with E-state index in [9.17, 15) is 4.79 Å². The predicted molar refractivity (Wildman–Crippen MR) is 85.7 cm³/mol. The van der Waals surface area contributed by atoms with Crippen LogP contribution in [0.5, 0.6) is 11.5 Å². The highest BCUT2D eigenvalue weighted by Gasteiger charge is 2.12. The Bertz CT molecular complexity index is 656. The minimum Gasteiger partial charge on any atom is -0.494 e. The standard InChI is InChI=1S/C17H20N2O3/c1-4-21-13-9-10-16(22-5-2)15(11-13)19-17(20)14-8-6-7-12(3)18-14/h6-11H,4-5H2,1-3H3,(H,19,20). The summed E-state index contributed by atoms with van der Waals surface area (Å²) in [6.45, 7) is 6.72. The first kappa shape index (κ1) is 15.8. The van der Waals surface area contributed by atoms with E-state index >= 15 is 0 Å². The van der Waals surface area contributed by atoms with Gasteiger partial charge in [-0.1, -0.05) is 6.07 Å². The highest BCUT2D eigenvalue weighted by Crippen LogP contribution is 2.29. The van der Waals surface area contributed by atoms with E-state index in [1.165, 1.54) is 0 Å². The van der Waals surface area contributed by atoms with Gasteiger partial charge in [0.15, 0.2) is 0 Å². The zero-order valence-electron chi connectivity index (χ0n) is 13.1. The number of hydrogen-bond acceptors (Lipinski definition) is 4. The number of carbonyl (C=O) groups is 1. The molecule has 0 aliphatic carbocycles. The second kappa shape index (κ2) is 7.45. The van der Waals surface area contributed by atoms with Gasteiger partial charge in [0.2, 0.25) is 0 Å². The van der Waals surface area contributed by atoms with E-state index in [0.29, 0.717) is 36.1 Å². The van der Waals surface area contributed by atoms with Gasteiger partial charge in [-0.25, -0.2) is 4.98 Å². The lowest BCUT2D eigenvalue weighted by Crippen LogP contribution is -2.15. The molecule has 116 valence electrons. The van der Waals surface area contributed by atoms with Crippen molar-refractivity contribution in [2.45, 2.75) is 20.8 Å². The topological polar surface area (TPSA) is 60.5 Å². The van der Waals surface area contributed by atoms with Crippen LogP contribution in [0, 0.1) is 6.92 Å². The molecule has 2 aromatic rings. The van der Waals surface area contributed by atoms with Crippen LogP contribution in [0.25, 0.3) is 0 Å². The Hall–Kier alpha value is -2.56. The van der Waals surface area contributed by atoms with E-state index in [0.717, 1.165) is 5.69 Å². The fourth-order valence-corrected chi connectivity index (χ4v) is 2.00. The zero-order chi connectivity index (χ0) is 15.9. The van der Waals surface area contributed by atoms with Crippen LogP contribution in [0.3, 0.4) is 0 Å². The molecule has 0 saturated carbocycles. The first-order valence-electron chi connectivity index (χ1n) is 7.28. The Kier molecular flexibility index (Phi) is 5.36. The molecule has 1 heterocycles. The number of rotatable bonds is 6. The number of nitrogens with zero attached hydrogens (tertiary/aromatic N) is 1. The van der Waals surface area contributed by atoms with Crippen molar-refractivity contribution in [3.63, 3.8) is 0 Å². The van der Waals surface area contributed by atoms with Crippen molar-refractivity contribution in [3.8, 4) is 11.5 Å². The molecule has 2 rings (SSSR count). The molecular weight excluding hydrogens is 280 g/mol. The number of anilines is 1. The molecule has 1 aromatic carbocycles. The Labute approximate surface area is 130 Å². The number of pyridine rings is 1. The minimum absolute atomic E-state index is 0.279. The first-order valence-corrected chi connectivity index (χ1v) is 7.28. The summed E-state index contributed by atoms with van der Waals surface area (Å²) >= 11 is 0. The molecule has 0 aliphatic rings. The molecule has 1 aromatic heterocycles. The molecule has 0 bridgehead atoms. The number of benzene rings is 1. The molecule has 0 unspecified atom stereocenters. The lowest BCUT2D eigenvalue weighted by Gasteiger charge is -2.13. The maximum atomic E-state index is 12.3. The quantitative estimate of drug-likeness (QED) is 0.887. The Morgan fingerprint density at radius 2 is 1.91 bits per heavy atom. The number of nitrogens with one attached hydrogen (secondary N) is 1. The third-order valence-electron chi connectivity index (χ3n) is 2.93. The van der Waals surface area contributed by atoms with E-state index in [2.05, 4.69) is 10.3 Å². The molecule has 1 amide bonds. The fourth-order valence-electron chi connectivity index (χ4n) is 2.00. The number of carbonyl (C=O) groups excluding carboxylic acids is 1. The molecule has 5 nitrogen and oxygen atoms in total. The van der Waals surface area contributed by atoms with Crippen LogP contribution in [-0.4, -0.2) is 24.1 Å². The molecule has 0 fully saturated rings. The molecule has 0 atom stereocenters. The van der Waals surface area contributed by atoms with Gasteiger partial charge in [-0.15, -0.1) is 0 Å². The largest absolute Gasteiger partial charge is 0.494 e. The lowest BCUT2D eigenvalue weighted by atomic mass is 10.2. The molecule has 0 saturated heterocycles. The number of aromatic nitrogens is 1. The highest BCUT2D eigenvalue weighted by molar-refractivity contribution is 6.03. The van der Waals surface area contributed by atoms with Crippen LogP contribution in [-0.2, 0) is 0 Å². The molecule has 0 radical (unpaired) electrons. The predicted octanol–water partition coefficient (Wildman–Crippen LogP) is 3.44. The summed E-state index contributed by atoms with van der Waals surface area (Å²) in [4.78, 5) is 16.5. The average Bonchev–Trinajstić information content (AvgIpc) is 2.50. The third-order valence-corrected chi connectivity index (χ3v) is 2.93. The summed E-state index contributed by atoms with van der Waals surface area (Å²) in [5.41, 5.74) is 1.73. The molecule has 5 heteroatoms. The van der Waals surface area contributed by atoms with E-state index in [4.69, 9.17) is 9.47 Å². The van der Waals surface area contributed by atoms with Gasteiger partial charge in [-0.2, -0.15) is 0 Å². The van der Waals surface area contributed by atoms with Crippen molar-refractivity contribution in [3.05, 3.63) is 47.8 Å². The summed E-state index contributed by atoms with van der Waals surface area (Å²) in [6, 6.07) is 10.7. The second-order valence-electron chi connectivity index (χ2n) is 4.64. The van der Waals surface area contributed by atoms with Gasteiger partial charge in [-0.05, 0) is 45.0 Å². The van der Waals surface area contributed by atoms with Crippen LogP contribution in [0.15, 0.2) is 36.4 Å². The monoisotopic (exact) mass is 300 g/mol. The van der Waals surface area contributed by atoms with Gasteiger partial charge in [0.1, 0.15) is 17.2 Å². The highest BCUT2D eigenvalue weighted by atomic mass is 16.5. The lowest BCUT2D eigenvalue weighted by molar-refractivity contribution is 0.102. The minimum atomic E-state index is -0.279. The van der Waals surface area contributed by atoms with Crippen molar-refractivity contribution in [2.75, 3.05) is 18.5 Å². The third kappa shape index (κ3) is 3.97. The molecular formula is C17H20N2O3. The van der Waals surface area contributed by atoms with Crippen molar-refractivity contribution in [2.24, 2.45) is 0 Å². The summed E-state index contributed by atoms with van der Waals surface area (Å²) in [5, 5.41) is 2.83. The first-order chi connectivity index (χ1) is 10.6. The van der Waals surface area contributed by atoms with Gasteiger partial charge < -0.3 is 14.8 Å². The van der Waals surface area contributed by atoms with Crippen LogP contribution in [0.2, 0.25) is 0 Å². The SMILES string of the molecule is CCOc1ccc(OCC)c(NC(=O)c2cccc(C)n2)c1. The average molecular weight is 300 g/mol. The molecule has 0 aliphatic heterocycles. The van der Waals surface area contributed by atoms with Crippen LogP contribution < -0.4 is 14.8 Å². The van der Waals surface area contributed by atoms with Gasteiger partial charge >= 0.3 is 0 Å². The van der Waals surface area contributed by atoms with E-state index < -0.39 is 0 Å². The zero-order valence-corrected chi connectivity index (χ0v) is 13.1. The van der Waals surface area contributed by atoms with Crippen molar-refractivity contribution < 1.29 is 14.3 Å². The van der Waals surface area contributed by atoms with E-state index in [-0.39, 0.29) is 5.91 Å². The van der Waals surface area contributed by atoms with Crippen molar-refractivity contribution in [1.82, 2.24) is 4.98 Å². The summed E-state index contributed by atoms with van der Waals surface area (Å²) in [7, 11) is 0. The molecule has 1 N–H and O–H groups in total. The number of ether oxygens (including phenoxy) is 2. The maximum Gasteiger partial charge on any atom is 0.274 e. The van der Waals surface area contributed by atoms with Crippen LogP contribution in [0.1, 0.15) is 30.0 Å². The van der Waals surface area contributed by atoms with E-state index in [1.54, 1.807) is 24.3 Å². The maximum absolute atomic E-state index is 12.3. The second-order valence-corrected chi connectivity index (χ2v) is 4.64. The smallest absolute Gasteiger partial charge is 0.274 e. The van der Waals surface area contributed by atoms with Crippen molar-refractivity contribution >= 4 is 11.6 Å². The molecule has 22 heavy (non-hydrogen) atoms. The van der Waals surface area contributed by atoms with Crippen LogP contribution >= 0.6 is 0 Å². The summed E-state index contributed by atoms with van der Waals surface area (Å²) in [5.74, 6) is 1.00. The number of hydrogen-bond donors (Lipinski definition) is 1. The van der Waals surface area contributed by atoms with Gasteiger partial charge in [-0.3, -0.25) is 4.79 Å². The van der Waals surface area contributed by atoms with Gasteiger partial charge in [0, 0.05) is 11.8 Å². The number of aryl methyl sites for hydroxylation is 1. The van der Waals surface area contributed by atoms with E-state index in [1.807, 2.05) is 32.9 Å². The molecule has 0 spiro atoms. The normalized spacial score (nSPS) is 10.1. The summed E-state index contributed by atoms with van der Waals surface area (Å²) in [6.07, 6.45) is 0.